The minimum atomic E-state index is -0.388. The molecule has 0 radical (unpaired) electrons. The van der Waals surface area contributed by atoms with Crippen LogP contribution in [0.25, 0.3) is 0 Å². The summed E-state index contributed by atoms with van der Waals surface area (Å²) < 4.78 is 0. The lowest BCUT2D eigenvalue weighted by atomic mass is 9.83. The number of amides is 2. The number of piperazine rings is 1. The van der Waals surface area contributed by atoms with Gasteiger partial charge in [-0.25, -0.2) is 0 Å². The molecule has 2 atom stereocenters. The summed E-state index contributed by atoms with van der Waals surface area (Å²) in [5, 5.41) is 14.4. The summed E-state index contributed by atoms with van der Waals surface area (Å²) in [7, 11) is 3.92. The summed E-state index contributed by atoms with van der Waals surface area (Å²) in [6.45, 7) is 5.38. The predicted octanol–water partition coefficient (Wildman–Crippen LogP) is 0.558. The van der Waals surface area contributed by atoms with E-state index in [0.29, 0.717) is 32.6 Å². The highest BCUT2D eigenvalue weighted by atomic mass is 16.6. The monoisotopic (exact) mass is 458 g/mol. The quantitative estimate of drug-likeness (QED) is 0.470. The van der Waals surface area contributed by atoms with E-state index in [2.05, 4.69) is 15.1 Å². The van der Waals surface area contributed by atoms with Crippen LogP contribution in [-0.4, -0.2) is 104 Å². The average Bonchev–Trinajstić information content (AvgIpc) is 3.33. The summed E-state index contributed by atoms with van der Waals surface area (Å²) in [4.78, 5) is 45.2. The number of likely N-dealkylation sites (N-methyl/N-ethyl adjacent to an activating group) is 1. The van der Waals surface area contributed by atoms with Gasteiger partial charge in [0.1, 0.15) is 0 Å². The van der Waals surface area contributed by atoms with Crippen molar-refractivity contribution in [2.45, 2.75) is 25.3 Å². The summed E-state index contributed by atoms with van der Waals surface area (Å²) in [6.07, 6.45) is 2.60. The second kappa shape index (κ2) is 10.0. The minimum absolute atomic E-state index is 0.0308. The number of likely N-dealkylation sites (tertiary alicyclic amines) is 1. The molecule has 3 aliphatic heterocycles. The van der Waals surface area contributed by atoms with Crippen LogP contribution in [0.1, 0.15) is 18.4 Å². The van der Waals surface area contributed by atoms with Crippen molar-refractivity contribution in [3.63, 3.8) is 0 Å². The molecule has 180 valence electrons. The largest absolute Gasteiger partial charge is 0.365 e. The number of benzene rings is 1. The molecule has 2 amide bonds. The number of hydrogen-bond donors (Lipinski definition) is 1. The third-order valence-corrected chi connectivity index (χ3v) is 7.00. The van der Waals surface area contributed by atoms with Crippen molar-refractivity contribution in [3.8, 4) is 0 Å². The fourth-order valence-electron chi connectivity index (χ4n) is 5.22. The molecule has 0 aromatic heterocycles. The van der Waals surface area contributed by atoms with Gasteiger partial charge in [-0.05, 0) is 45.0 Å². The molecule has 2 fully saturated rings. The van der Waals surface area contributed by atoms with Gasteiger partial charge in [0.25, 0.3) is 5.69 Å². The second-order valence-corrected chi connectivity index (χ2v) is 9.56. The zero-order chi connectivity index (χ0) is 23.5. The number of nitrogens with zero attached hydrogens (tertiary/aromatic N) is 5. The molecule has 3 heterocycles. The molecule has 0 unspecified atom stereocenters. The fourth-order valence-corrected chi connectivity index (χ4v) is 5.22. The first-order valence-corrected chi connectivity index (χ1v) is 11.8. The number of rotatable bonds is 7. The molecule has 0 saturated carbocycles. The molecular formula is C23H34N6O4. The van der Waals surface area contributed by atoms with Crippen molar-refractivity contribution in [3.05, 3.63) is 33.9 Å². The molecule has 1 aromatic carbocycles. The SMILES string of the molecule is CN(C)CCNC(=O)[C@H]1Cc2cc([N+](=O)[O-])ccc2N2CCN(CC(=O)N3CCCC3)C[C@@H]12. The maximum absolute atomic E-state index is 13.2. The Morgan fingerprint density at radius 2 is 1.94 bits per heavy atom. The van der Waals surface area contributed by atoms with Gasteiger partial charge in [0.15, 0.2) is 0 Å². The number of carbonyl (C=O) groups is 2. The Balaban J connectivity index is 1.53. The first-order valence-electron chi connectivity index (χ1n) is 11.8. The molecule has 33 heavy (non-hydrogen) atoms. The van der Waals surface area contributed by atoms with Gasteiger partial charge in [0.2, 0.25) is 11.8 Å². The molecule has 2 saturated heterocycles. The molecule has 1 aromatic rings. The predicted molar refractivity (Wildman–Crippen MR) is 125 cm³/mol. The van der Waals surface area contributed by atoms with Crippen molar-refractivity contribution in [1.29, 1.82) is 0 Å². The van der Waals surface area contributed by atoms with Crippen molar-refractivity contribution >= 4 is 23.2 Å². The maximum atomic E-state index is 13.2. The Bertz CT molecular complexity index is 901. The molecule has 10 heteroatoms. The molecule has 1 N–H and O–H groups in total. The van der Waals surface area contributed by atoms with Gasteiger partial charge in [0, 0.05) is 63.6 Å². The number of anilines is 1. The number of fused-ring (bicyclic) bond motifs is 3. The first kappa shape index (κ1) is 23.4. The van der Waals surface area contributed by atoms with E-state index in [0.717, 1.165) is 50.3 Å². The molecule has 3 aliphatic rings. The molecular weight excluding hydrogens is 424 g/mol. The summed E-state index contributed by atoms with van der Waals surface area (Å²) in [5.74, 6) is -0.192. The van der Waals surface area contributed by atoms with Gasteiger partial charge in [-0.2, -0.15) is 0 Å². The lowest BCUT2D eigenvalue weighted by Crippen LogP contribution is -2.62. The third kappa shape index (κ3) is 5.27. The smallest absolute Gasteiger partial charge is 0.269 e. The van der Waals surface area contributed by atoms with Crippen LogP contribution >= 0.6 is 0 Å². The van der Waals surface area contributed by atoms with Gasteiger partial charge in [-0.15, -0.1) is 0 Å². The second-order valence-electron chi connectivity index (χ2n) is 9.56. The van der Waals surface area contributed by atoms with E-state index in [9.17, 15) is 19.7 Å². The molecule has 4 rings (SSSR count). The molecule has 0 aliphatic carbocycles. The van der Waals surface area contributed by atoms with Gasteiger partial charge in [-0.1, -0.05) is 0 Å². The number of nitro groups is 1. The maximum Gasteiger partial charge on any atom is 0.269 e. The van der Waals surface area contributed by atoms with Crippen molar-refractivity contribution in [1.82, 2.24) is 20.0 Å². The summed E-state index contributed by atoms with van der Waals surface area (Å²) in [5.41, 5.74) is 1.86. The molecule has 0 spiro atoms. The summed E-state index contributed by atoms with van der Waals surface area (Å²) in [6, 6.07) is 4.88. The lowest BCUT2D eigenvalue weighted by Gasteiger charge is -2.49. The van der Waals surface area contributed by atoms with Crippen LogP contribution < -0.4 is 10.2 Å². The number of non-ortho nitro benzene ring substituents is 1. The number of nitro benzene ring substituents is 1. The van der Waals surface area contributed by atoms with Crippen LogP contribution in [0.15, 0.2) is 18.2 Å². The van der Waals surface area contributed by atoms with E-state index in [4.69, 9.17) is 0 Å². The van der Waals surface area contributed by atoms with Crippen molar-refractivity contribution < 1.29 is 14.5 Å². The van der Waals surface area contributed by atoms with Crippen LogP contribution in [0.3, 0.4) is 0 Å². The van der Waals surface area contributed by atoms with Crippen LogP contribution in [0.5, 0.6) is 0 Å². The summed E-state index contributed by atoms with van der Waals surface area (Å²) >= 11 is 0. The van der Waals surface area contributed by atoms with Gasteiger partial charge in [-0.3, -0.25) is 24.6 Å². The fraction of sp³-hybridized carbons (Fsp3) is 0.652. The Kier molecular flexibility index (Phi) is 7.14. The number of carbonyl (C=O) groups excluding carboxylic acids is 2. The standard InChI is InChI=1S/C23H34N6O4/c1-25(2)10-7-24-23(31)19-14-17-13-18(29(32)33)5-6-20(17)28-12-11-26(15-21(19)28)16-22(30)27-8-3-4-9-27/h5-6,13,19,21H,3-4,7-12,14-16H2,1-2H3,(H,24,31)/t19-,21-/m0/s1. The van der Waals surface area contributed by atoms with Crippen LogP contribution in [0.4, 0.5) is 11.4 Å². The van der Waals surface area contributed by atoms with E-state index < -0.39 is 0 Å². The highest BCUT2D eigenvalue weighted by Crippen LogP contribution is 2.37. The van der Waals surface area contributed by atoms with E-state index in [1.165, 1.54) is 6.07 Å². The van der Waals surface area contributed by atoms with Crippen molar-refractivity contribution in [2.75, 3.05) is 71.4 Å². The van der Waals surface area contributed by atoms with E-state index >= 15 is 0 Å². The lowest BCUT2D eigenvalue weighted by molar-refractivity contribution is -0.384. The molecule has 0 bridgehead atoms. The van der Waals surface area contributed by atoms with E-state index in [1.54, 1.807) is 6.07 Å². The van der Waals surface area contributed by atoms with E-state index in [-0.39, 0.29) is 34.4 Å². The van der Waals surface area contributed by atoms with Gasteiger partial charge in [0.05, 0.1) is 23.4 Å². The topological polar surface area (TPSA) is 102 Å². The highest BCUT2D eigenvalue weighted by molar-refractivity contribution is 5.82. The number of nitrogens with one attached hydrogen (secondary N) is 1. The van der Waals surface area contributed by atoms with Gasteiger partial charge >= 0.3 is 0 Å². The zero-order valence-corrected chi connectivity index (χ0v) is 19.5. The minimum Gasteiger partial charge on any atom is -0.365 e. The number of hydrogen-bond acceptors (Lipinski definition) is 7. The average molecular weight is 459 g/mol. The van der Waals surface area contributed by atoms with E-state index in [1.807, 2.05) is 30.0 Å². The van der Waals surface area contributed by atoms with Crippen LogP contribution in [0, 0.1) is 16.0 Å². The Morgan fingerprint density at radius 3 is 2.64 bits per heavy atom. The van der Waals surface area contributed by atoms with Crippen molar-refractivity contribution in [2.24, 2.45) is 5.92 Å². The van der Waals surface area contributed by atoms with Gasteiger partial charge < -0.3 is 20.0 Å². The molecule has 10 nitrogen and oxygen atoms in total. The van der Waals surface area contributed by atoms with Crippen LogP contribution in [-0.2, 0) is 16.0 Å². The first-order chi connectivity index (χ1) is 15.8. The highest BCUT2D eigenvalue weighted by Gasteiger charge is 2.42. The van der Waals surface area contributed by atoms with Crippen LogP contribution in [0.2, 0.25) is 0 Å². The normalized spacial score (nSPS) is 22.8. The Morgan fingerprint density at radius 1 is 1.18 bits per heavy atom. The Hall–Kier alpha value is -2.72. The zero-order valence-electron chi connectivity index (χ0n) is 19.5. The third-order valence-electron chi connectivity index (χ3n) is 7.00. The Labute approximate surface area is 194 Å².